The first-order valence-corrected chi connectivity index (χ1v) is 14.6. The molecule has 0 aliphatic carbocycles. The van der Waals surface area contributed by atoms with Crippen molar-refractivity contribution in [2.45, 2.75) is 24.9 Å². The number of amides is 1. The van der Waals surface area contributed by atoms with Crippen LogP contribution in [-0.2, 0) is 23.0 Å². The summed E-state index contributed by atoms with van der Waals surface area (Å²) >= 11 is 8.54. The second kappa shape index (κ2) is 13.7. The van der Waals surface area contributed by atoms with Crippen molar-refractivity contribution in [3.63, 3.8) is 0 Å². The van der Waals surface area contributed by atoms with E-state index in [4.69, 9.17) is 25.8 Å². The molecule has 4 aromatic rings. The molecule has 2 aromatic heterocycles. The number of aryl methyl sites for hydroxylation is 2. The third kappa shape index (κ3) is 7.15. The molecule has 0 radical (unpaired) electrons. The fraction of sp³-hybridized carbons (Fsp3) is 0.286. The third-order valence-electron chi connectivity index (χ3n) is 6.03. The number of nitrogens with one attached hydrogen (secondary N) is 1. The topological polar surface area (TPSA) is 105 Å². The Morgan fingerprint density at radius 1 is 1.12 bits per heavy atom. The van der Waals surface area contributed by atoms with Crippen molar-refractivity contribution >= 4 is 51.6 Å². The molecule has 0 fully saturated rings. The highest BCUT2D eigenvalue weighted by Crippen LogP contribution is 2.37. The van der Waals surface area contributed by atoms with Crippen LogP contribution in [-0.4, -0.2) is 53.2 Å². The smallest absolute Gasteiger partial charge is 0.341 e. The van der Waals surface area contributed by atoms with Gasteiger partial charge in [-0.2, -0.15) is 0 Å². The van der Waals surface area contributed by atoms with Crippen LogP contribution < -0.4 is 14.8 Å². The molecule has 210 valence electrons. The third-order valence-corrected chi connectivity index (χ3v) is 8.18. The molecule has 0 saturated heterocycles. The van der Waals surface area contributed by atoms with Gasteiger partial charge >= 0.3 is 5.97 Å². The van der Waals surface area contributed by atoms with Gasteiger partial charge in [0, 0.05) is 29.4 Å². The van der Waals surface area contributed by atoms with Gasteiger partial charge in [-0.15, -0.1) is 21.5 Å². The van der Waals surface area contributed by atoms with Crippen molar-refractivity contribution in [2.75, 3.05) is 31.9 Å². The number of ether oxygens (including phenoxy) is 3. The van der Waals surface area contributed by atoms with Gasteiger partial charge in [-0.25, -0.2) is 4.79 Å². The van der Waals surface area contributed by atoms with E-state index in [1.807, 2.05) is 60.3 Å². The Hall–Kier alpha value is -3.54. The molecule has 4 rings (SSSR count). The monoisotopic (exact) mass is 600 g/mol. The van der Waals surface area contributed by atoms with E-state index >= 15 is 0 Å². The standard InChI is InChI=1S/C28H29ClN4O5S2/c1-17-14-19(29)9-12-22(17)38-13-5-6-23-31-32-28(33(23)2)40-16-24(34)30-26-25(27(35)37-4)21(15-39-26)18-7-10-20(36-3)11-8-18/h7-12,14-15H,5-6,13,16H2,1-4H3,(H,30,34). The minimum absolute atomic E-state index is 0.0985. The van der Waals surface area contributed by atoms with E-state index in [0.29, 0.717) is 45.1 Å². The Morgan fingerprint density at radius 2 is 1.90 bits per heavy atom. The van der Waals surface area contributed by atoms with Crippen LogP contribution in [0.1, 0.15) is 28.2 Å². The molecule has 40 heavy (non-hydrogen) atoms. The second-order valence-electron chi connectivity index (χ2n) is 8.73. The molecule has 0 aliphatic rings. The molecule has 0 unspecified atom stereocenters. The first kappa shape index (κ1) is 29.4. The minimum atomic E-state index is -0.525. The summed E-state index contributed by atoms with van der Waals surface area (Å²) in [5.41, 5.74) is 2.79. The highest BCUT2D eigenvalue weighted by molar-refractivity contribution is 7.99. The molecule has 0 aliphatic heterocycles. The van der Waals surface area contributed by atoms with Gasteiger partial charge in [0.25, 0.3) is 0 Å². The van der Waals surface area contributed by atoms with Gasteiger partial charge in [-0.3, -0.25) is 4.79 Å². The van der Waals surface area contributed by atoms with E-state index in [2.05, 4.69) is 15.5 Å². The van der Waals surface area contributed by atoms with E-state index in [1.54, 1.807) is 13.2 Å². The fourth-order valence-electron chi connectivity index (χ4n) is 3.91. The number of hydrogen-bond donors (Lipinski definition) is 1. The van der Waals surface area contributed by atoms with Crippen LogP contribution in [0.4, 0.5) is 5.00 Å². The molecule has 12 heteroatoms. The minimum Gasteiger partial charge on any atom is -0.497 e. The number of halogens is 1. The number of carbonyl (C=O) groups is 2. The summed E-state index contributed by atoms with van der Waals surface area (Å²) in [5, 5.41) is 14.9. The number of benzene rings is 2. The number of carbonyl (C=O) groups excluding carboxylic acids is 2. The molecule has 1 amide bonds. The van der Waals surface area contributed by atoms with Gasteiger partial charge in [0.2, 0.25) is 5.91 Å². The molecule has 0 bridgehead atoms. The number of thioether (sulfide) groups is 1. The van der Waals surface area contributed by atoms with E-state index in [9.17, 15) is 9.59 Å². The zero-order valence-electron chi connectivity index (χ0n) is 22.5. The average molecular weight is 601 g/mol. The molecule has 2 aromatic carbocycles. The summed E-state index contributed by atoms with van der Waals surface area (Å²) in [6, 6.07) is 12.9. The molecular formula is C28H29ClN4O5S2. The van der Waals surface area contributed by atoms with Crippen molar-refractivity contribution in [3.8, 4) is 22.6 Å². The fourth-order valence-corrected chi connectivity index (χ4v) is 5.84. The lowest BCUT2D eigenvalue weighted by atomic mass is 10.0. The van der Waals surface area contributed by atoms with Gasteiger partial charge in [0.1, 0.15) is 27.9 Å². The lowest BCUT2D eigenvalue weighted by Gasteiger charge is -2.09. The number of aromatic nitrogens is 3. The number of thiophene rings is 1. The maximum atomic E-state index is 12.8. The molecular weight excluding hydrogens is 572 g/mol. The number of hydrogen-bond acceptors (Lipinski definition) is 9. The first-order valence-electron chi connectivity index (χ1n) is 12.3. The average Bonchev–Trinajstić information content (AvgIpc) is 3.53. The lowest BCUT2D eigenvalue weighted by molar-refractivity contribution is -0.113. The number of methoxy groups -OCH3 is 2. The summed E-state index contributed by atoms with van der Waals surface area (Å²) < 4.78 is 17.9. The Kier molecular flexibility index (Phi) is 10.1. The summed E-state index contributed by atoms with van der Waals surface area (Å²) in [6.45, 7) is 2.49. The van der Waals surface area contributed by atoms with Gasteiger partial charge < -0.3 is 24.1 Å². The van der Waals surface area contributed by atoms with Crippen LogP contribution in [0.25, 0.3) is 11.1 Å². The molecule has 1 N–H and O–H groups in total. The van der Waals surface area contributed by atoms with E-state index in [-0.39, 0.29) is 11.7 Å². The molecule has 0 saturated carbocycles. The summed E-state index contributed by atoms with van der Waals surface area (Å²) in [6.07, 6.45) is 1.43. The predicted molar refractivity (Wildman–Crippen MR) is 158 cm³/mol. The molecule has 0 spiro atoms. The molecule has 0 atom stereocenters. The van der Waals surface area contributed by atoms with E-state index in [1.165, 1.54) is 30.2 Å². The maximum Gasteiger partial charge on any atom is 0.341 e. The van der Waals surface area contributed by atoms with Gasteiger partial charge in [-0.1, -0.05) is 35.5 Å². The summed E-state index contributed by atoms with van der Waals surface area (Å²) in [7, 11) is 4.78. The van der Waals surface area contributed by atoms with Gasteiger partial charge in [0.05, 0.1) is 26.6 Å². The predicted octanol–water partition coefficient (Wildman–Crippen LogP) is 6.04. The van der Waals surface area contributed by atoms with Crippen molar-refractivity contribution in [1.82, 2.24) is 14.8 Å². The Bertz CT molecular complexity index is 1490. The second-order valence-corrected chi connectivity index (χ2v) is 11.0. The van der Waals surface area contributed by atoms with Crippen molar-refractivity contribution in [2.24, 2.45) is 7.05 Å². The van der Waals surface area contributed by atoms with Crippen molar-refractivity contribution in [1.29, 1.82) is 0 Å². The largest absolute Gasteiger partial charge is 0.497 e. The van der Waals surface area contributed by atoms with E-state index < -0.39 is 5.97 Å². The quantitative estimate of drug-likeness (QED) is 0.119. The highest BCUT2D eigenvalue weighted by atomic mass is 35.5. The lowest BCUT2D eigenvalue weighted by Crippen LogP contribution is -2.16. The maximum absolute atomic E-state index is 12.8. The number of anilines is 1. The van der Waals surface area contributed by atoms with Crippen LogP contribution in [0.5, 0.6) is 11.5 Å². The Labute approximate surface area is 245 Å². The van der Waals surface area contributed by atoms with Crippen molar-refractivity contribution < 1.29 is 23.8 Å². The Morgan fingerprint density at radius 3 is 2.60 bits per heavy atom. The van der Waals surface area contributed by atoms with Crippen LogP contribution >= 0.6 is 34.7 Å². The van der Waals surface area contributed by atoms with Gasteiger partial charge in [0.15, 0.2) is 5.16 Å². The van der Waals surface area contributed by atoms with Crippen molar-refractivity contribution in [3.05, 3.63) is 69.8 Å². The van der Waals surface area contributed by atoms with Gasteiger partial charge in [-0.05, 0) is 54.8 Å². The number of rotatable bonds is 12. The Balaban J connectivity index is 1.33. The molecule has 2 heterocycles. The summed E-state index contributed by atoms with van der Waals surface area (Å²) in [4.78, 5) is 25.4. The van der Waals surface area contributed by atoms with Crippen LogP contribution in [0.2, 0.25) is 5.02 Å². The molecule has 9 nitrogen and oxygen atoms in total. The zero-order valence-corrected chi connectivity index (χ0v) is 24.9. The normalized spacial score (nSPS) is 10.8. The number of esters is 1. The van der Waals surface area contributed by atoms with Crippen LogP contribution in [0.15, 0.2) is 53.0 Å². The van der Waals surface area contributed by atoms with Crippen LogP contribution in [0, 0.1) is 6.92 Å². The SMILES string of the molecule is COC(=O)c1c(-c2ccc(OC)cc2)csc1NC(=O)CSc1nnc(CCCOc2ccc(Cl)cc2C)n1C. The first-order chi connectivity index (χ1) is 19.3. The zero-order chi connectivity index (χ0) is 28.6. The number of nitrogens with zero attached hydrogens (tertiary/aromatic N) is 3. The highest BCUT2D eigenvalue weighted by Gasteiger charge is 2.23. The van der Waals surface area contributed by atoms with E-state index in [0.717, 1.165) is 29.1 Å². The summed E-state index contributed by atoms with van der Waals surface area (Å²) in [5.74, 6) is 1.62. The van der Waals surface area contributed by atoms with Crippen LogP contribution in [0.3, 0.4) is 0 Å².